The summed E-state index contributed by atoms with van der Waals surface area (Å²) in [4.78, 5) is 3.42. The van der Waals surface area contributed by atoms with Crippen molar-refractivity contribution in [2.75, 3.05) is 12.4 Å². The average Bonchev–Trinajstić information content (AvgIpc) is 2.15. The maximum Gasteiger partial charge on any atom is 0.433 e. The van der Waals surface area contributed by atoms with Crippen LogP contribution in [-0.4, -0.2) is 12.0 Å². The highest BCUT2D eigenvalue weighted by molar-refractivity contribution is 5.44. The Hall–Kier alpha value is -1.30. The molecule has 1 aromatic rings. The van der Waals surface area contributed by atoms with E-state index < -0.39 is 11.9 Å². The summed E-state index contributed by atoms with van der Waals surface area (Å²) < 4.78 is 36.7. The summed E-state index contributed by atoms with van der Waals surface area (Å²) in [5.74, 6) is 0.169. The number of nitrogens with zero attached hydrogens (tertiary/aromatic N) is 1. The number of halogens is 3. The van der Waals surface area contributed by atoms with Gasteiger partial charge in [-0.15, -0.1) is 0 Å². The van der Waals surface area contributed by atoms with Gasteiger partial charge >= 0.3 is 6.18 Å². The van der Waals surface area contributed by atoms with Gasteiger partial charge in [0.1, 0.15) is 11.5 Å². The van der Waals surface area contributed by atoms with E-state index in [1.807, 2.05) is 0 Å². The number of pyridine rings is 1. The maximum atomic E-state index is 12.2. The van der Waals surface area contributed by atoms with Crippen molar-refractivity contribution in [2.24, 2.45) is 5.73 Å². The molecule has 3 nitrogen and oxygen atoms in total. The zero-order chi connectivity index (χ0) is 10.8. The summed E-state index contributed by atoms with van der Waals surface area (Å²) in [7, 11) is 1.50. The third-order valence-electron chi connectivity index (χ3n) is 1.73. The first-order chi connectivity index (χ1) is 6.49. The maximum absolute atomic E-state index is 12.2. The van der Waals surface area contributed by atoms with Crippen LogP contribution in [0.4, 0.5) is 19.0 Å². The Kier molecular flexibility index (Phi) is 2.95. The molecular formula is C8H10F3N3. The second-order valence-corrected chi connectivity index (χ2v) is 2.66. The first-order valence-corrected chi connectivity index (χ1v) is 3.94. The number of nitrogens with two attached hydrogens (primary N) is 1. The molecule has 0 unspecified atom stereocenters. The molecule has 3 N–H and O–H groups in total. The van der Waals surface area contributed by atoms with Crippen molar-refractivity contribution < 1.29 is 13.2 Å². The Morgan fingerprint density at radius 3 is 2.50 bits per heavy atom. The molecule has 0 atom stereocenters. The molecule has 0 spiro atoms. The van der Waals surface area contributed by atoms with E-state index in [0.717, 1.165) is 6.07 Å². The van der Waals surface area contributed by atoms with E-state index >= 15 is 0 Å². The fourth-order valence-corrected chi connectivity index (χ4v) is 1.03. The number of aromatic nitrogens is 1. The molecule has 0 aliphatic rings. The molecule has 0 aromatic carbocycles. The number of alkyl halides is 3. The lowest BCUT2D eigenvalue weighted by Crippen LogP contribution is -2.12. The van der Waals surface area contributed by atoms with Crippen molar-refractivity contribution in [3.05, 3.63) is 23.4 Å². The molecule has 14 heavy (non-hydrogen) atoms. The summed E-state index contributed by atoms with van der Waals surface area (Å²) in [5, 5.41) is 2.57. The van der Waals surface area contributed by atoms with Gasteiger partial charge in [-0.1, -0.05) is 6.07 Å². The van der Waals surface area contributed by atoms with E-state index in [9.17, 15) is 13.2 Å². The van der Waals surface area contributed by atoms with Gasteiger partial charge in [0.15, 0.2) is 0 Å². The van der Waals surface area contributed by atoms with Crippen molar-refractivity contribution in [3.63, 3.8) is 0 Å². The summed E-state index contributed by atoms with van der Waals surface area (Å²) >= 11 is 0. The minimum Gasteiger partial charge on any atom is -0.373 e. The van der Waals surface area contributed by atoms with Crippen LogP contribution in [0.2, 0.25) is 0 Å². The highest BCUT2D eigenvalue weighted by Gasteiger charge is 2.32. The van der Waals surface area contributed by atoms with Gasteiger partial charge in [0.25, 0.3) is 0 Å². The Labute approximate surface area is 79.1 Å². The molecule has 1 heterocycles. The number of anilines is 1. The minimum atomic E-state index is -4.42. The predicted octanol–water partition coefficient (Wildman–Crippen LogP) is 1.60. The molecule has 0 fully saturated rings. The third kappa shape index (κ3) is 2.14. The van der Waals surface area contributed by atoms with Gasteiger partial charge in [-0.2, -0.15) is 13.2 Å². The normalized spacial score (nSPS) is 11.5. The van der Waals surface area contributed by atoms with Crippen LogP contribution in [0.25, 0.3) is 0 Å². The Balaban J connectivity index is 3.14. The fraction of sp³-hybridized carbons (Fsp3) is 0.375. The summed E-state index contributed by atoms with van der Waals surface area (Å²) in [6.45, 7) is 0.154. The smallest absolute Gasteiger partial charge is 0.373 e. The van der Waals surface area contributed by atoms with E-state index in [1.54, 1.807) is 0 Å². The van der Waals surface area contributed by atoms with Crippen LogP contribution in [0.15, 0.2) is 12.1 Å². The number of nitrogens with one attached hydrogen (secondary N) is 1. The van der Waals surface area contributed by atoms with Crippen molar-refractivity contribution in [3.8, 4) is 0 Å². The fourth-order valence-electron chi connectivity index (χ4n) is 1.03. The molecule has 0 aliphatic carbocycles. The lowest BCUT2D eigenvalue weighted by atomic mass is 10.2. The Bertz CT molecular complexity index is 322. The van der Waals surface area contributed by atoms with Gasteiger partial charge in [-0.05, 0) is 6.07 Å². The van der Waals surface area contributed by atoms with E-state index in [4.69, 9.17) is 5.73 Å². The Morgan fingerprint density at radius 2 is 2.07 bits per heavy atom. The number of hydrogen-bond donors (Lipinski definition) is 2. The molecule has 0 bridgehead atoms. The SMILES string of the molecule is CNc1nc(C(F)(F)F)ccc1CN. The summed E-state index contributed by atoms with van der Waals surface area (Å²) in [5.41, 5.74) is 4.96. The van der Waals surface area contributed by atoms with Crippen molar-refractivity contribution in [2.45, 2.75) is 12.7 Å². The molecule has 78 valence electrons. The topological polar surface area (TPSA) is 50.9 Å². The molecular weight excluding hydrogens is 195 g/mol. The van der Waals surface area contributed by atoms with Crippen LogP contribution in [0, 0.1) is 0 Å². The van der Waals surface area contributed by atoms with Crippen LogP contribution in [-0.2, 0) is 12.7 Å². The van der Waals surface area contributed by atoms with E-state index in [-0.39, 0.29) is 12.4 Å². The highest BCUT2D eigenvalue weighted by atomic mass is 19.4. The molecule has 6 heteroatoms. The van der Waals surface area contributed by atoms with Crippen LogP contribution in [0.5, 0.6) is 0 Å². The highest BCUT2D eigenvalue weighted by Crippen LogP contribution is 2.29. The zero-order valence-corrected chi connectivity index (χ0v) is 7.52. The van der Waals surface area contributed by atoms with Crippen LogP contribution in [0.3, 0.4) is 0 Å². The lowest BCUT2D eigenvalue weighted by molar-refractivity contribution is -0.141. The van der Waals surface area contributed by atoms with Gasteiger partial charge in [-0.3, -0.25) is 0 Å². The van der Waals surface area contributed by atoms with Crippen molar-refractivity contribution in [1.29, 1.82) is 0 Å². The molecule has 1 rings (SSSR count). The van der Waals surface area contributed by atoms with E-state index in [1.165, 1.54) is 13.1 Å². The molecule has 0 aliphatic heterocycles. The van der Waals surface area contributed by atoms with Crippen LogP contribution in [0.1, 0.15) is 11.3 Å². The number of hydrogen-bond acceptors (Lipinski definition) is 3. The first-order valence-electron chi connectivity index (χ1n) is 3.94. The van der Waals surface area contributed by atoms with Gasteiger partial charge in [0.2, 0.25) is 0 Å². The van der Waals surface area contributed by atoms with E-state index in [2.05, 4.69) is 10.3 Å². The van der Waals surface area contributed by atoms with Crippen molar-refractivity contribution >= 4 is 5.82 Å². The molecule has 0 amide bonds. The molecule has 0 saturated carbocycles. The largest absolute Gasteiger partial charge is 0.433 e. The van der Waals surface area contributed by atoms with Gasteiger partial charge < -0.3 is 11.1 Å². The van der Waals surface area contributed by atoms with Gasteiger partial charge in [-0.25, -0.2) is 4.98 Å². The summed E-state index contributed by atoms with van der Waals surface area (Å²) in [6.07, 6.45) is -4.42. The first kappa shape index (κ1) is 10.8. The van der Waals surface area contributed by atoms with Crippen LogP contribution < -0.4 is 11.1 Å². The zero-order valence-electron chi connectivity index (χ0n) is 7.52. The Morgan fingerprint density at radius 1 is 1.43 bits per heavy atom. The predicted molar refractivity (Wildman–Crippen MR) is 46.7 cm³/mol. The third-order valence-corrected chi connectivity index (χ3v) is 1.73. The minimum absolute atomic E-state index is 0.154. The lowest BCUT2D eigenvalue weighted by Gasteiger charge is -2.10. The van der Waals surface area contributed by atoms with Gasteiger partial charge in [0, 0.05) is 19.2 Å². The van der Waals surface area contributed by atoms with E-state index in [0.29, 0.717) is 5.56 Å². The quantitative estimate of drug-likeness (QED) is 0.771. The molecule has 1 aromatic heterocycles. The standard InChI is InChI=1S/C8H10F3N3/c1-13-7-5(4-12)2-3-6(14-7)8(9,10)11/h2-3H,4,12H2,1H3,(H,13,14). The van der Waals surface area contributed by atoms with Gasteiger partial charge in [0.05, 0.1) is 0 Å². The summed E-state index contributed by atoms with van der Waals surface area (Å²) in [6, 6.07) is 2.24. The van der Waals surface area contributed by atoms with Crippen molar-refractivity contribution in [1.82, 2.24) is 4.98 Å². The monoisotopic (exact) mass is 205 g/mol. The van der Waals surface area contributed by atoms with Crippen LogP contribution >= 0.6 is 0 Å². The molecule has 0 saturated heterocycles. The average molecular weight is 205 g/mol. The molecule has 0 radical (unpaired) electrons. The second kappa shape index (κ2) is 3.83. The number of rotatable bonds is 2. The second-order valence-electron chi connectivity index (χ2n) is 2.66.